The van der Waals surface area contributed by atoms with Crippen LogP contribution in [0.3, 0.4) is 0 Å². The summed E-state index contributed by atoms with van der Waals surface area (Å²) in [5.74, 6) is 0.502. The molecule has 1 saturated heterocycles. The van der Waals surface area contributed by atoms with Gasteiger partial charge in [0.15, 0.2) is 5.75 Å². The van der Waals surface area contributed by atoms with Crippen molar-refractivity contribution < 1.29 is 19.0 Å². The van der Waals surface area contributed by atoms with E-state index in [1.807, 2.05) is 20.8 Å². The first-order chi connectivity index (χ1) is 10.3. The molecule has 0 N–H and O–H groups in total. The zero-order valence-electron chi connectivity index (χ0n) is 12.9. The number of morpholine rings is 1. The lowest BCUT2D eigenvalue weighted by Gasteiger charge is -2.34. The SMILES string of the molecule is CC(C)(C)OC(=O)N1CCOC(COc2cnc(Cl)nc2)C1. The summed E-state index contributed by atoms with van der Waals surface area (Å²) in [5.41, 5.74) is -0.512. The normalized spacial score (nSPS) is 18.9. The molecule has 0 aliphatic carbocycles. The summed E-state index contributed by atoms with van der Waals surface area (Å²) in [6.45, 7) is 7.19. The largest absolute Gasteiger partial charge is 0.488 e. The lowest BCUT2D eigenvalue weighted by Crippen LogP contribution is -2.49. The second kappa shape index (κ2) is 7.11. The predicted molar refractivity (Wildman–Crippen MR) is 80.1 cm³/mol. The van der Waals surface area contributed by atoms with E-state index in [1.165, 1.54) is 12.4 Å². The summed E-state index contributed by atoms with van der Waals surface area (Å²) in [7, 11) is 0. The van der Waals surface area contributed by atoms with E-state index in [2.05, 4.69) is 9.97 Å². The molecule has 8 heteroatoms. The zero-order valence-corrected chi connectivity index (χ0v) is 13.7. The van der Waals surface area contributed by atoms with Gasteiger partial charge in [0.25, 0.3) is 0 Å². The fourth-order valence-corrected chi connectivity index (χ4v) is 1.97. The van der Waals surface area contributed by atoms with E-state index in [-0.39, 0.29) is 17.5 Å². The summed E-state index contributed by atoms with van der Waals surface area (Å²) in [5, 5.41) is 0.164. The minimum Gasteiger partial charge on any atom is -0.488 e. The van der Waals surface area contributed by atoms with Crippen LogP contribution in [-0.2, 0) is 9.47 Å². The average molecular weight is 330 g/mol. The molecule has 0 saturated carbocycles. The van der Waals surface area contributed by atoms with Crippen molar-refractivity contribution >= 4 is 17.7 Å². The number of nitrogens with zero attached hydrogens (tertiary/aromatic N) is 3. The Morgan fingerprint density at radius 3 is 2.77 bits per heavy atom. The van der Waals surface area contributed by atoms with Gasteiger partial charge in [0.05, 0.1) is 25.5 Å². The van der Waals surface area contributed by atoms with Gasteiger partial charge in [0.1, 0.15) is 18.3 Å². The Morgan fingerprint density at radius 1 is 1.45 bits per heavy atom. The predicted octanol–water partition coefficient (Wildman–Crippen LogP) is 2.14. The molecule has 1 fully saturated rings. The Balaban J connectivity index is 1.82. The van der Waals surface area contributed by atoms with Gasteiger partial charge in [-0.2, -0.15) is 0 Å². The number of hydrogen-bond acceptors (Lipinski definition) is 6. The molecule has 1 aliphatic heterocycles. The van der Waals surface area contributed by atoms with Gasteiger partial charge in [0, 0.05) is 6.54 Å². The van der Waals surface area contributed by atoms with Crippen LogP contribution in [0.15, 0.2) is 12.4 Å². The topological polar surface area (TPSA) is 73.8 Å². The van der Waals surface area contributed by atoms with Crippen molar-refractivity contribution in [2.75, 3.05) is 26.3 Å². The molecule has 0 aromatic carbocycles. The molecule has 1 amide bonds. The van der Waals surface area contributed by atoms with Crippen molar-refractivity contribution in [2.45, 2.75) is 32.5 Å². The molecule has 2 heterocycles. The smallest absolute Gasteiger partial charge is 0.410 e. The number of aromatic nitrogens is 2. The first kappa shape index (κ1) is 16.8. The van der Waals surface area contributed by atoms with Gasteiger partial charge in [-0.25, -0.2) is 14.8 Å². The van der Waals surface area contributed by atoms with Crippen molar-refractivity contribution in [3.63, 3.8) is 0 Å². The van der Waals surface area contributed by atoms with E-state index in [9.17, 15) is 4.79 Å². The number of amides is 1. The van der Waals surface area contributed by atoms with E-state index >= 15 is 0 Å². The van der Waals surface area contributed by atoms with E-state index in [0.717, 1.165) is 0 Å². The highest BCUT2D eigenvalue weighted by molar-refractivity contribution is 6.28. The van der Waals surface area contributed by atoms with E-state index in [4.69, 9.17) is 25.8 Å². The van der Waals surface area contributed by atoms with Gasteiger partial charge in [0.2, 0.25) is 5.28 Å². The van der Waals surface area contributed by atoms with Gasteiger partial charge < -0.3 is 19.1 Å². The van der Waals surface area contributed by atoms with Crippen LogP contribution in [0.1, 0.15) is 20.8 Å². The van der Waals surface area contributed by atoms with E-state index in [1.54, 1.807) is 4.90 Å². The van der Waals surface area contributed by atoms with Crippen LogP contribution in [0, 0.1) is 0 Å². The maximum absolute atomic E-state index is 12.0. The molecule has 122 valence electrons. The van der Waals surface area contributed by atoms with Crippen LogP contribution in [0.5, 0.6) is 5.75 Å². The van der Waals surface area contributed by atoms with Crippen LogP contribution >= 0.6 is 11.6 Å². The standard InChI is InChI=1S/C14H20ClN3O4/c1-14(2,3)22-13(19)18-4-5-20-11(8-18)9-21-10-6-16-12(15)17-7-10/h6-7,11H,4-5,8-9H2,1-3H3. The highest BCUT2D eigenvalue weighted by Gasteiger charge is 2.28. The van der Waals surface area contributed by atoms with Crippen LogP contribution in [0.2, 0.25) is 5.28 Å². The Labute approximate surface area is 134 Å². The molecule has 0 bridgehead atoms. The number of carbonyl (C=O) groups excluding carboxylic acids is 1. The summed E-state index contributed by atoms with van der Waals surface area (Å²) < 4.78 is 16.5. The summed E-state index contributed by atoms with van der Waals surface area (Å²) in [6.07, 6.45) is 2.42. The molecule has 2 rings (SSSR count). The molecule has 1 aromatic heterocycles. The third-order valence-corrected chi connectivity index (χ3v) is 3.02. The molecule has 1 aliphatic rings. The number of rotatable bonds is 3. The van der Waals surface area contributed by atoms with Crippen molar-refractivity contribution in [1.29, 1.82) is 0 Å². The molecular weight excluding hydrogens is 310 g/mol. The van der Waals surface area contributed by atoms with E-state index in [0.29, 0.717) is 32.1 Å². The van der Waals surface area contributed by atoms with Crippen molar-refractivity contribution in [3.8, 4) is 5.75 Å². The summed E-state index contributed by atoms with van der Waals surface area (Å²) >= 11 is 5.61. The van der Waals surface area contributed by atoms with Crippen LogP contribution < -0.4 is 4.74 Å². The quantitative estimate of drug-likeness (QED) is 0.791. The average Bonchev–Trinajstić information content (AvgIpc) is 2.45. The Hall–Kier alpha value is -1.60. The summed E-state index contributed by atoms with van der Waals surface area (Å²) in [4.78, 5) is 21.3. The highest BCUT2D eigenvalue weighted by Crippen LogP contribution is 2.14. The molecule has 7 nitrogen and oxygen atoms in total. The monoisotopic (exact) mass is 329 g/mol. The third kappa shape index (κ3) is 5.31. The van der Waals surface area contributed by atoms with Gasteiger partial charge >= 0.3 is 6.09 Å². The zero-order chi connectivity index (χ0) is 16.2. The molecular formula is C14H20ClN3O4. The van der Waals surface area contributed by atoms with Crippen molar-refractivity contribution in [1.82, 2.24) is 14.9 Å². The second-order valence-electron chi connectivity index (χ2n) is 5.92. The fourth-order valence-electron chi connectivity index (χ4n) is 1.88. The number of hydrogen-bond donors (Lipinski definition) is 0. The maximum Gasteiger partial charge on any atom is 0.410 e. The molecule has 1 aromatic rings. The highest BCUT2D eigenvalue weighted by atomic mass is 35.5. The molecule has 0 radical (unpaired) electrons. The molecule has 22 heavy (non-hydrogen) atoms. The lowest BCUT2D eigenvalue weighted by atomic mass is 10.2. The lowest BCUT2D eigenvalue weighted by molar-refractivity contribution is -0.0557. The number of carbonyl (C=O) groups is 1. The van der Waals surface area contributed by atoms with Gasteiger partial charge in [-0.1, -0.05) is 0 Å². The van der Waals surface area contributed by atoms with Crippen LogP contribution in [-0.4, -0.2) is 59.0 Å². The fraction of sp³-hybridized carbons (Fsp3) is 0.643. The van der Waals surface area contributed by atoms with Gasteiger partial charge in [-0.05, 0) is 32.4 Å². The van der Waals surface area contributed by atoms with Crippen LogP contribution in [0.4, 0.5) is 4.79 Å². The number of halogens is 1. The second-order valence-corrected chi connectivity index (χ2v) is 6.26. The van der Waals surface area contributed by atoms with E-state index < -0.39 is 5.60 Å². The van der Waals surface area contributed by atoms with Gasteiger partial charge in [-0.3, -0.25) is 0 Å². The molecule has 1 unspecified atom stereocenters. The molecule has 1 atom stereocenters. The maximum atomic E-state index is 12.0. The van der Waals surface area contributed by atoms with Crippen molar-refractivity contribution in [3.05, 3.63) is 17.7 Å². The molecule has 0 spiro atoms. The Kier molecular flexibility index (Phi) is 5.42. The Bertz CT molecular complexity index is 504. The Morgan fingerprint density at radius 2 is 2.14 bits per heavy atom. The minimum atomic E-state index is -0.512. The third-order valence-electron chi connectivity index (χ3n) is 2.82. The first-order valence-electron chi connectivity index (χ1n) is 7.03. The van der Waals surface area contributed by atoms with Gasteiger partial charge in [-0.15, -0.1) is 0 Å². The number of ether oxygens (including phenoxy) is 3. The first-order valence-corrected chi connectivity index (χ1v) is 7.41. The minimum absolute atomic E-state index is 0.164. The summed E-state index contributed by atoms with van der Waals surface area (Å²) in [6, 6.07) is 0. The van der Waals surface area contributed by atoms with Crippen LogP contribution in [0.25, 0.3) is 0 Å². The van der Waals surface area contributed by atoms with Crippen molar-refractivity contribution in [2.24, 2.45) is 0 Å².